The maximum absolute atomic E-state index is 12.0. The van der Waals surface area contributed by atoms with E-state index >= 15 is 0 Å². The fourth-order valence-electron chi connectivity index (χ4n) is 1.88. The van der Waals surface area contributed by atoms with Crippen molar-refractivity contribution in [3.8, 4) is 0 Å². The molecule has 0 bridgehead atoms. The number of nitrogens with zero attached hydrogens (tertiary/aromatic N) is 2. The van der Waals surface area contributed by atoms with E-state index in [0.717, 1.165) is 5.56 Å². The van der Waals surface area contributed by atoms with Crippen molar-refractivity contribution in [3.05, 3.63) is 51.2 Å². The first-order chi connectivity index (χ1) is 11.3. The third kappa shape index (κ3) is 5.04. The van der Waals surface area contributed by atoms with Gasteiger partial charge in [-0.05, 0) is 11.6 Å². The lowest BCUT2D eigenvalue weighted by molar-refractivity contribution is -0.130. The topological polar surface area (TPSA) is 63.5 Å². The molecule has 128 valence electrons. The fourth-order valence-corrected chi connectivity index (χ4v) is 2.82. The first-order valence-corrected chi connectivity index (χ1v) is 8.76. The van der Waals surface area contributed by atoms with E-state index in [4.69, 9.17) is 11.6 Å². The van der Waals surface area contributed by atoms with E-state index in [1.54, 1.807) is 20.8 Å². The normalized spacial score (nSPS) is 12.2. The monoisotopic (exact) mass is 365 g/mol. The highest BCUT2D eigenvalue weighted by molar-refractivity contribution is 7.07. The predicted octanol–water partition coefficient (Wildman–Crippen LogP) is 2.84. The molecule has 1 heterocycles. The molecule has 1 aromatic carbocycles. The van der Waals surface area contributed by atoms with Crippen molar-refractivity contribution in [2.24, 2.45) is 10.4 Å². The molecule has 1 N–H and O–H groups in total. The van der Waals surface area contributed by atoms with Crippen LogP contribution in [0, 0.1) is 5.41 Å². The van der Waals surface area contributed by atoms with Gasteiger partial charge in [-0.15, -0.1) is 11.3 Å². The summed E-state index contributed by atoms with van der Waals surface area (Å²) in [5.74, 6) is -0.566. The molecule has 0 radical (unpaired) electrons. The number of rotatable bonds is 4. The van der Waals surface area contributed by atoms with Gasteiger partial charge in [0.15, 0.2) is 4.80 Å². The van der Waals surface area contributed by atoms with E-state index in [1.165, 1.54) is 11.3 Å². The molecule has 0 saturated heterocycles. The van der Waals surface area contributed by atoms with Crippen LogP contribution >= 0.6 is 22.9 Å². The van der Waals surface area contributed by atoms with Crippen LogP contribution in [0.1, 0.15) is 26.3 Å². The van der Waals surface area contributed by atoms with Crippen LogP contribution in [-0.2, 0) is 16.1 Å². The van der Waals surface area contributed by atoms with Crippen molar-refractivity contribution in [1.82, 2.24) is 9.88 Å². The van der Waals surface area contributed by atoms with Crippen molar-refractivity contribution in [3.63, 3.8) is 0 Å². The van der Waals surface area contributed by atoms with Gasteiger partial charge in [0.25, 0.3) is 5.91 Å². The molecule has 0 aliphatic heterocycles. The van der Waals surface area contributed by atoms with Gasteiger partial charge in [0.1, 0.15) is 0 Å². The standard InChI is InChI=1S/C17H20ClN3O2S/c1-17(2,3)15(23)19-10-14(22)20-16-21(8-9-24-16)11-12-6-4-5-7-13(12)18/h4-9H,10-11H2,1-3H3,(H,19,23). The van der Waals surface area contributed by atoms with E-state index in [0.29, 0.717) is 16.4 Å². The summed E-state index contributed by atoms with van der Waals surface area (Å²) in [5.41, 5.74) is 0.417. The first kappa shape index (κ1) is 18.4. The molecule has 5 nitrogen and oxygen atoms in total. The number of hydrogen-bond donors (Lipinski definition) is 1. The summed E-state index contributed by atoms with van der Waals surface area (Å²) < 4.78 is 1.86. The van der Waals surface area contributed by atoms with Gasteiger partial charge in [0, 0.05) is 22.0 Å². The van der Waals surface area contributed by atoms with Crippen molar-refractivity contribution in [2.75, 3.05) is 6.54 Å². The average molecular weight is 366 g/mol. The van der Waals surface area contributed by atoms with Gasteiger partial charge < -0.3 is 9.88 Å². The van der Waals surface area contributed by atoms with Gasteiger partial charge in [-0.25, -0.2) is 0 Å². The second-order valence-electron chi connectivity index (χ2n) is 6.34. The van der Waals surface area contributed by atoms with Crippen LogP contribution in [0.5, 0.6) is 0 Å². The summed E-state index contributed by atoms with van der Waals surface area (Å²) in [6.45, 7) is 5.80. The molecular formula is C17H20ClN3O2S. The Labute approximate surface area is 150 Å². The molecule has 24 heavy (non-hydrogen) atoms. The Kier molecular flexibility index (Phi) is 5.96. The summed E-state index contributed by atoms with van der Waals surface area (Å²) >= 11 is 7.53. The third-order valence-electron chi connectivity index (χ3n) is 3.26. The summed E-state index contributed by atoms with van der Waals surface area (Å²) in [6.07, 6.45) is 1.86. The Morgan fingerprint density at radius 3 is 2.67 bits per heavy atom. The third-order valence-corrected chi connectivity index (χ3v) is 4.42. The molecule has 0 unspecified atom stereocenters. The zero-order chi connectivity index (χ0) is 17.7. The minimum absolute atomic E-state index is 0.111. The molecule has 0 atom stereocenters. The van der Waals surface area contributed by atoms with Crippen LogP contribution in [-0.4, -0.2) is 22.9 Å². The molecule has 7 heteroatoms. The van der Waals surface area contributed by atoms with E-state index in [2.05, 4.69) is 10.3 Å². The highest BCUT2D eigenvalue weighted by Crippen LogP contribution is 2.15. The van der Waals surface area contributed by atoms with E-state index < -0.39 is 5.41 Å². The van der Waals surface area contributed by atoms with E-state index in [1.807, 2.05) is 40.4 Å². The lowest BCUT2D eigenvalue weighted by Crippen LogP contribution is -2.38. The Hall–Kier alpha value is -1.92. The maximum Gasteiger partial charge on any atom is 0.267 e. The van der Waals surface area contributed by atoms with Crippen LogP contribution < -0.4 is 10.1 Å². The Balaban J connectivity index is 2.09. The molecule has 0 saturated carbocycles. The molecule has 0 aliphatic carbocycles. The molecule has 2 rings (SSSR count). The zero-order valence-corrected chi connectivity index (χ0v) is 15.4. The quantitative estimate of drug-likeness (QED) is 0.905. The van der Waals surface area contributed by atoms with Gasteiger partial charge >= 0.3 is 0 Å². The minimum atomic E-state index is -0.535. The number of halogens is 1. The zero-order valence-electron chi connectivity index (χ0n) is 13.9. The van der Waals surface area contributed by atoms with Crippen LogP contribution in [0.25, 0.3) is 0 Å². The summed E-state index contributed by atoms with van der Waals surface area (Å²) in [6, 6.07) is 7.55. The van der Waals surface area contributed by atoms with E-state index in [-0.39, 0.29) is 18.4 Å². The Morgan fingerprint density at radius 2 is 2.00 bits per heavy atom. The number of aromatic nitrogens is 1. The largest absolute Gasteiger partial charge is 0.346 e. The number of carbonyl (C=O) groups excluding carboxylic acids is 2. The lowest BCUT2D eigenvalue weighted by atomic mass is 9.96. The average Bonchev–Trinajstić information content (AvgIpc) is 2.93. The van der Waals surface area contributed by atoms with Gasteiger partial charge in [0.2, 0.25) is 5.91 Å². The molecule has 0 fully saturated rings. The number of thiazole rings is 1. The number of amides is 2. The van der Waals surface area contributed by atoms with Gasteiger partial charge in [-0.1, -0.05) is 50.6 Å². The van der Waals surface area contributed by atoms with Crippen molar-refractivity contribution >= 4 is 34.8 Å². The number of benzene rings is 1. The second-order valence-corrected chi connectivity index (χ2v) is 7.62. The molecule has 0 spiro atoms. The Bertz CT molecular complexity index is 802. The van der Waals surface area contributed by atoms with Crippen molar-refractivity contribution < 1.29 is 9.59 Å². The molecule has 2 aromatic rings. The van der Waals surface area contributed by atoms with Gasteiger partial charge in [-0.2, -0.15) is 4.99 Å². The number of carbonyl (C=O) groups is 2. The summed E-state index contributed by atoms with van der Waals surface area (Å²) in [5, 5.41) is 5.14. The maximum atomic E-state index is 12.0. The second kappa shape index (κ2) is 7.77. The predicted molar refractivity (Wildman–Crippen MR) is 95.9 cm³/mol. The lowest BCUT2D eigenvalue weighted by Gasteiger charge is -2.16. The SMILES string of the molecule is CC(C)(C)C(=O)NCC(=O)N=c1sccn1Cc1ccccc1Cl. The van der Waals surface area contributed by atoms with Crippen LogP contribution in [0.3, 0.4) is 0 Å². The molecule has 0 aliphatic rings. The molecule has 2 amide bonds. The molecule has 1 aromatic heterocycles. The van der Waals surface area contributed by atoms with Crippen molar-refractivity contribution in [2.45, 2.75) is 27.3 Å². The van der Waals surface area contributed by atoms with Gasteiger partial charge in [0.05, 0.1) is 13.1 Å². The van der Waals surface area contributed by atoms with Crippen molar-refractivity contribution in [1.29, 1.82) is 0 Å². The number of nitrogens with one attached hydrogen (secondary N) is 1. The Morgan fingerprint density at radius 1 is 1.29 bits per heavy atom. The minimum Gasteiger partial charge on any atom is -0.346 e. The van der Waals surface area contributed by atoms with E-state index in [9.17, 15) is 9.59 Å². The highest BCUT2D eigenvalue weighted by Gasteiger charge is 2.21. The first-order valence-electron chi connectivity index (χ1n) is 7.50. The summed E-state index contributed by atoms with van der Waals surface area (Å²) in [4.78, 5) is 28.5. The summed E-state index contributed by atoms with van der Waals surface area (Å²) in [7, 11) is 0. The smallest absolute Gasteiger partial charge is 0.267 e. The molecular weight excluding hydrogens is 346 g/mol. The highest BCUT2D eigenvalue weighted by atomic mass is 35.5. The van der Waals surface area contributed by atoms with Crippen LogP contribution in [0.15, 0.2) is 40.8 Å². The van der Waals surface area contributed by atoms with Crippen LogP contribution in [0.2, 0.25) is 5.02 Å². The van der Waals surface area contributed by atoms with Crippen LogP contribution in [0.4, 0.5) is 0 Å². The number of hydrogen-bond acceptors (Lipinski definition) is 3. The van der Waals surface area contributed by atoms with Gasteiger partial charge in [-0.3, -0.25) is 9.59 Å². The fraction of sp³-hybridized carbons (Fsp3) is 0.353.